The molecule has 0 aromatic carbocycles. The van der Waals surface area contributed by atoms with Gasteiger partial charge in [-0.3, -0.25) is 0 Å². The maximum absolute atomic E-state index is 10.1. The Morgan fingerprint density at radius 1 is 1.60 bits per heavy atom. The largest absolute Gasteiger partial charge is 0.374 e. The van der Waals surface area contributed by atoms with E-state index in [0.717, 1.165) is 6.29 Å². The van der Waals surface area contributed by atoms with Crippen LogP contribution in [0.15, 0.2) is 0 Å². The van der Waals surface area contributed by atoms with E-state index in [9.17, 15) is 4.79 Å². The molecule has 1 heterocycles. The van der Waals surface area contributed by atoms with Crippen LogP contribution >= 0.6 is 0 Å². The lowest BCUT2D eigenvalue weighted by Crippen LogP contribution is -2.13. The molecule has 2 heteroatoms. The Kier molecular flexibility index (Phi) is 2.44. The number of rotatable bonds is 2. The van der Waals surface area contributed by atoms with Crippen LogP contribution < -0.4 is 0 Å². The standard InChI is InChI=1S/C8H13O2/c1-6-5-7(2)10-8(6)3-4-9/h4-8H,3H2,1-2H3/t6-,7+,8-/m1/s1. The van der Waals surface area contributed by atoms with Gasteiger partial charge in [-0.15, -0.1) is 0 Å². The van der Waals surface area contributed by atoms with Gasteiger partial charge in [0.25, 0.3) is 0 Å². The third kappa shape index (κ3) is 1.57. The first-order chi connectivity index (χ1) is 4.74. The fraction of sp³-hybridized carbons (Fsp3) is 0.750. The predicted octanol–water partition coefficient (Wildman–Crippen LogP) is 1.20. The van der Waals surface area contributed by atoms with E-state index < -0.39 is 0 Å². The molecule has 0 unspecified atom stereocenters. The number of carbonyl (C=O) groups is 1. The molecule has 1 aliphatic heterocycles. The number of carbonyl (C=O) groups excluding carboxylic acids is 1. The molecule has 1 rings (SSSR count). The molecule has 1 aliphatic rings. The van der Waals surface area contributed by atoms with Crippen molar-refractivity contribution < 1.29 is 9.53 Å². The molecule has 2 nitrogen and oxygen atoms in total. The molecule has 1 radical (unpaired) electrons. The molecule has 0 saturated carbocycles. The summed E-state index contributed by atoms with van der Waals surface area (Å²) in [5, 5.41) is 0. The summed E-state index contributed by atoms with van der Waals surface area (Å²) >= 11 is 0. The van der Waals surface area contributed by atoms with E-state index >= 15 is 0 Å². The minimum absolute atomic E-state index is 0.132. The van der Waals surface area contributed by atoms with Gasteiger partial charge in [-0.05, 0) is 19.3 Å². The van der Waals surface area contributed by atoms with Gasteiger partial charge in [0.05, 0.1) is 12.2 Å². The van der Waals surface area contributed by atoms with Gasteiger partial charge >= 0.3 is 0 Å². The molecule has 0 spiro atoms. The number of hydrogen-bond donors (Lipinski definition) is 0. The summed E-state index contributed by atoms with van der Waals surface area (Å²) in [6.45, 7) is 4.08. The summed E-state index contributed by atoms with van der Waals surface area (Å²) in [7, 11) is 0. The average molecular weight is 141 g/mol. The molecule has 0 bridgehead atoms. The highest BCUT2D eigenvalue weighted by atomic mass is 16.5. The van der Waals surface area contributed by atoms with E-state index in [0.29, 0.717) is 12.3 Å². The van der Waals surface area contributed by atoms with Gasteiger partial charge in [-0.1, -0.05) is 6.92 Å². The number of ether oxygens (including phenoxy) is 1. The van der Waals surface area contributed by atoms with Crippen LogP contribution in [0.2, 0.25) is 0 Å². The van der Waals surface area contributed by atoms with Crippen molar-refractivity contribution in [1.82, 2.24) is 0 Å². The van der Waals surface area contributed by atoms with Gasteiger partial charge in [0.1, 0.15) is 6.29 Å². The molecule has 0 aromatic heterocycles. The number of hydrogen-bond acceptors (Lipinski definition) is 2. The highest BCUT2D eigenvalue weighted by molar-refractivity contribution is 5.50. The Balaban J connectivity index is 2.38. The van der Waals surface area contributed by atoms with E-state index in [1.165, 1.54) is 0 Å². The minimum atomic E-state index is 0.132. The van der Waals surface area contributed by atoms with Crippen LogP contribution in [0.25, 0.3) is 0 Å². The second-order valence-corrected chi connectivity index (χ2v) is 2.83. The maximum atomic E-state index is 10.1. The lowest BCUT2D eigenvalue weighted by atomic mass is 10.0. The summed E-state index contributed by atoms with van der Waals surface area (Å²) in [5.74, 6) is 0.431. The Hall–Kier alpha value is -0.370. The van der Waals surface area contributed by atoms with Crippen molar-refractivity contribution in [3.05, 3.63) is 6.42 Å². The normalized spacial score (nSPS) is 40.0. The van der Waals surface area contributed by atoms with Gasteiger partial charge < -0.3 is 9.53 Å². The summed E-state index contributed by atoms with van der Waals surface area (Å²) < 4.78 is 5.43. The first-order valence-corrected chi connectivity index (χ1v) is 3.68. The Labute approximate surface area is 61.6 Å². The molecule has 1 fully saturated rings. The van der Waals surface area contributed by atoms with Gasteiger partial charge in [0.15, 0.2) is 0 Å². The molecule has 10 heavy (non-hydrogen) atoms. The SMILES string of the molecule is C[C@@H]1[CH][C@H](C)O[C@@H]1CC=O. The smallest absolute Gasteiger partial charge is 0.122 e. The lowest BCUT2D eigenvalue weighted by molar-refractivity contribution is -0.110. The molecule has 0 aromatic rings. The number of aldehydes is 1. The molecule has 0 amide bonds. The molecule has 0 N–H and O–H groups in total. The molecule has 0 aliphatic carbocycles. The van der Waals surface area contributed by atoms with Crippen LogP contribution in [0.1, 0.15) is 20.3 Å². The third-order valence-corrected chi connectivity index (χ3v) is 1.88. The Morgan fingerprint density at radius 2 is 2.30 bits per heavy atom. The van der Waals surface area contributed by atoms with Crippen molar-refractivity contribution in [2.75, 3.05) is 0 Å². The summed E-state index contributed by atoms with van der Waals surface area (Å²) in [4.78, 5) is 10.1. The van der Waals surface area contributed by atoms with Crippen molar-refractivity contribution in [3.63, 3.8) is 0 Å². The van der Waals surface area contributed by atoms with Crippen LogP contribution in [0.4, 0.5) is 0 Å². The van der Waals surface area contributed by atoms with E-state index in [4.69, 9.17) is 4.74 Å². The molecule has 3 atom stereocenters. The average Bonchev–Trinajstić information content (AvgIpc) is 2.13. The van der Waals surface area contributed by atoms with Crippen molar-refractivity contribution in [2.24, 2.45) is 5.92 Å². The van der Waals surface area contributed by atoms with Gasteiger partial charge in [-0.2, -0.15) is 0 Å². The molecule has 57 valence electrons. The lowest BCUT2D eigenvalue weighted by Gasteiger charge is -2.09. The molecular formula is C8H13O2. The highest BCUT2D eigenvalue weighted by Crippen LogP contribution is 2.25. The second-order valence-electron chi connectivity index (χ2n) is 2.83. The quantitative estimate of drug-likeness (QED) is 0.540. The van der Waals surface area contributed by atoms with E-state index in [1.54, 1.807) is 0 Å². The van der Waals surface area contributed by atoms with Gasteiger partial charge in [0.2, 0.25) is 0 Å². The molecular weight excluding hydrogens is 128 g/mol. The van der Waals surface area contributed by atoms with Crippen molar-refractivity contribution in [1.29, 1.82) is 0 Å². The van der Waals surface area contributed by atoms with Crippen molar-refractivity contribution in [3.8, 4) is 0 Å². The Bertz CT molecular complexity index is 122. The van der Waals surface area contributed by atoms with Crippen LogP contribution in [0.3, 0.4) is 0 Å². The summed E-state index contributed by atoms with van der Waals surface area (Å²) in [6, 6.07) is 0. The van der Waals surface area contributed by atoms with Gasteiger partial charge in [-0.25, -0.2) is 0 Å². The fourth-order valence-corrected chi connectivity index (χ4v) is 1.36. The van der Waals surface area contributed by atoms with E-state index in [2.05, 4.69) is 13.3 Å². The minimum Gasteiger partial charge on any atom is -0.374 e. The fourth-order valence-electron chi connectivity index (χ4n) is 1.36. The third-order valence-electron chi connectivity index (χ3n) is 1.88. The van der Waals surface area contributed by atoms with Crippen LogP contribution in [0.5, 0.6) is 0 Å². The Morgan fingerprint density at radius 3 is 2.70 bits per heavy atom. The first-order valence-electron chi connectivity index (χ1n) is 3.68. The zero-order chi connectivity index (χ0) is 7.56. The predicted molar refractivity (Wildman–Crippen MR) is 38.5 cm³/mol. The highest BCUT2D eigenvalue weighted by Gasteiger charge is 2.28. The van der Waals surface area contributed by atoms with E-state index in [-0.39, 0.29) is 12.2 Å². The van der Waals surface area contributed by atoms with Crippen molar-refractivity contribution in [2.45, 2.75) is 32.5 Å². The van der Waals surface area contributed by atoms with Gasteiger partial charge in [0, 0.05) is 6.42 Å². The topological polar surface area (TPSA) is 26.3 Å². The summed E-state index contributed by atoms with van der Waals surface area (Å²) in [6.07, 6.45) is 3.94. The zero-order valence-corrected chi connectivity index (χ0v) is 6.41. The molecule has 1 saturated heterocycles. The van der Waals surface area contributed by atoms with Crippen LogP contribution in [-0.2, 0) is 9.53 Å². The van der Waals surface area contributed by atoms with Crippen LogP contribution in [-0.4, -0.2) is 18.5 Å². The maximum Gasteiger partial charge on any atom is 0.122 e. The monoisotopic (exact) mass is 141 g/mol. The van der Waals surface area contributed by atoms with E-state index in [1.807, 2.05) is 6.92 Å². The zero-order valence-electron chi connectivity index (χ0n) is 6.41. The summed E-state index contributed by atoms with van der Waals surface area (Å²) in [5.41, 5.74) is 0. The first kappa shape index (κ1) is 7.73. The van der Waals surface area contributed by atoms with Crippen molar-refractivity contribution >= 4 is 6.29 Å². The second kappa shape index (κ2) is 3.15. The van der Waals surface area contributed by atoms with Crippen LogP contribution in [0, 0.1) is 12.3 Å².